The molecule has 102 valence electrons. The van der Waals surface area contributed by atoms with Crippen molar-refractivity contribution >= 4 is 30.4 Å². The van der Waals surface area contributed by atoms with Crippen LogP contribution in [0.4, 0.5) is 13.2 Å². The van der Waals surface area contributed by atoms with E-state index in [1.54, 1.807) is 13.0 Å². The van der Waals surface area contributed by atoms with Gasteiger partial charge < -0.3 is 4.74 Å². The van der Waals surface area contributed by atoms with Crippen molar-refractivity contribution in [3.05, 3.63) is 23.3 Å². The van der Waals surface area contributed by atoms with Crippen molar-refractivity contribution in [2.24, 2.45) is 0 Å². The third kappa shape index (κ3) is 4.36. The summed E-state index contributed by atoms with van der Waals surface area (Å²) in [6.07, 6.45) is 0. The van der Waals surface area contributed by atoms with Gasteiger partial charge in [0.15, 0.2) is 0 Å². The Morgan fingerprint density at radius 3 is 2.63 bits per heavy atom. The second-order valence-electron chi connectivity index (χ2n) is 3.25. The molecule has 0 aliphatic carbocycles. The van der Waals surface area contributed by atoms with Crippen LogP contribution < -0.4 is 0 Å². The molecule has 0 amide bonds. The monoisotopic (exact) mass is 307 g/mol. The number of carbonyl (C=O) groups excluding carboxylic acids is 1. The van der Waals surface area contributed by atoms with Gasteiger partial charge in [-0.15, -0.1) is 12.6 Å². The maximum atomic E-state index is 12.4. The molecule has 0 fully saturated rings. The minimum absolute atomic E-state index is 0.0578. The Morgan fingerprint density at radius 2 is 2.16 bits per heavy atom. The molecule has 0 N–H and O–H groups in total. The van der Waals surface area contributed by atoms with Crippen LogP contribution >= 0.6 is 24.4 Å². The second-order valence-corrected chi connectivity index (χ2v) is 4.87. The molecule has 19 heavy (non-hydrogen) atoms. The van der Waals surface area contributed by atoms with Crippen LogP contribution in [-0.4, -0.2) is 18.1 Å². The molecule has 0 heterocycles. The largest absolute Gasteiger partial charge is 0.462 e. The maximum Gasteiger partial charge on any atom is 0.446 e. The van der Waals surface area contributed by atoms with Gasteiger partial charge in [-0.3, -0.25) is 0 Å². The van der Waals surface area contributed by atoms with E-state index in [0.29, 0.717) is 0 Å². The Bertz CT molecular complexity index is 538. The number of ether oxygens (including phenoxy) is 1. The molecule has 0 spiro atoms. The topological polar surface area (TPSA) is 50.1 Å². The van der Waals surface area contributed by atoms with Gasteiger partial charge in [0.2, 0.25) is 0 Å². The fourth-order valence-electron chi connectivity index (χ4n) is 1.29. The van der Waals surface area contributed by atoms with Crippen LogP contribution in [0.5, 0.6) is 0 Å². The van der Waals surface area contributed by atoms with Crippen LogP contribution in [0.3, 0.4) is 0 Å². The summed E-state index contributed by atoms with van der Waals surface area (Å²) >= 11 is 3.46. The number of esters is 1. The predicted octanol–water partition coefficient (Wildman–Crippen LogP) is 3.64. The van der Waals surface area contributed by atoms with E-state index in [9.17, 15) is 18.0 Å². The fourth-order valence-corrected chi connectivity index (χ4v) is 2.33. The molecule has 0 aromatic heterocycles. The van der Waals surface area contributed by atoms with E-state index in [1.807, 2.05) is 0 Å². The van der Waals surface area contributed by atoms with Gasteiger partial charge in [0.25, 0.3) is 0 Å². The highest BCUT2D eigenvalue weighted by atomic mass is 32.2. The second kappa shape index (κ2) is 6.21. The van der Waals surface area contributed by atoms with Gasteiger partial charge in [0.05, 0.1) is 17.7 Å². The van der Waals surface area contributed by atoms with Gasteiger partial charge in [-0.2, -0.15) is 18.4 Å². The number of thiol groups is 1. The molecule has 1 rings (SSSR count). The van der Waals surface area contributed by atoms with E-state index >= 15 is 0 Å². The van der Waals surface area contributed by atoms with Crippen molar-refractivity contribution in [3.8, 4) is 6.07 Å². The van der Waals surface area contributed by atoms with E-state index < -0.39 is 23.2 Å². The molecule has 0 aliphatic rings. The number of rotatable bonds is 3. The number of hydrogen-bond donors (Lipinski definition) is 1. The molecule has 0 bridgehead atoms. The van der Waals surface area contributed by atoms with Crippen LogP contribution in [0.2, 0.25) is 0 Å². The fraction of sp³-hybridized carbons (Fsp3) is 0.273. The number of nitrogens with zero attached hydrogens (tertiary/aromatic N) is 1. The molecule has 0 unspecified atom stereocenters. The lowest BCUT2D eigenvalue weighted by Gasteiger charge is -2.11. The molecule has 0 saturated carbocycles. The molecule has 0 aliphatic heterocycles. The van der Waals surface area contributed by atoms with Crippen LogP contribution in [0, 0.1) is 11.3 Å². The van der Waals surface area contributed by atoms with Gasteiger partial charge in [-0.1, -0.05) is 0 Å². The predicted molar refractivity (Wildman–Crippen MR) is 66.3 cm³/mol. The van der Waals surface area contributed by atoms with E-state index in [0.717, 1.165) is 6.07 Å². The number of alkyl halides is 3. The number of carbonyl (C=O) groups is 1. The Kier molecular flexibility index (Phi) is 5.14. The average molecular weight is 307 g/mol. The third-order valence-electron chi connectivity index (χ3n) is 1.92. The van der Waals surface area contributed by atoms with Crippen molar-refractivity contribution in [3.63, 3.8) is 0 Å². The zero-order valence-electron chi connectivity index (χ0n) is 9.61. The van der Waals surface area contributed by atoms with Crippen LogP contribution in [0.1, 0.15) is 22.8 Å². The Hall–Kier alpha value is -1.33. The minimum atomic E-state index is -4.56. The molecular weight excluding hydrogens is 299 g/mol. The van der Waals surface area contributed by atoms with E-state index in [4.69, 9.17) is 10.00 Å². The van der Waals surface area contributed by atoms with E-state index in [1.165, 1.54) is 6.07 Å². The summed E-state index contributed by atoms with van der Waals surface area (Å²) < 4.78 is 41.8. The number of halogens is 3. The Morgan fingerprint density at radius 1 is 1.53 bits per heavy atom. The Labute approximate surface area is 117 Å². The van der Waals surface area contributed by atoms with E-state index in [-0.39, 0.29) is 27.5 Å². The van der Waals surface area contributed by atoms with Crippen molar-refractivity contribution in [2.75, 3.05) is 6.61 Å². The lowest BCUT2D eigenvalue weighted by Crippen LogP contribution is -2.09. The van der Waals surface area contributed by atoms with Gasteiger partial charge in [0.1, 0.15) is 6.07 Å². The van der Waals surface area contributed by atoms with E-state index in [2.05, 4.69) is 12.6 Å². The van der Waals surface area contributed by atoms with Gasteiger partial charge in [-0.05, 0) is 30.8 Å². The summed E-state index contributed by atoms with van der Waals surface area (Å²) in [6.45, 7) is 1.61. The summed E-state index contributed by atoms with van der Waals surface area (Å²) in [4.78, 5) is 11.4. The molecule has 1 aromatic rings. The first-order valence-electron chi connectivity index (χ1n) is 4.98. The minimum Gasteiger partial charge on any atom is -0.462 e. The highest BCUT2D eigenvalue weighted by molar-refractivity contribution is 8.00. The number of hydrogen-bond acceptors (Lipinski definition) is 5. The maximum absolute atomic E-state index is 12.4. The first-order chi connectivity index (χ1) is 8.78. The van der Waals surface area contributed by atoms with Crippen LogP contribution in [-0.2, 0) is 4.74 Å². The highest BCUT2D eigenvalue weighted by Gasteiger charge is 2.32. The molecule has 0 atom stereocenters. The molecule has 8 heteroatoms. The Balaban J connectivity index is 3.34. The molecular formula is C11H8F3NO2S2. The lowest BCUT2D eigenvalue weighted by molar-refractivity contribution is -0.0328. The first-order valence-corrected chi connectivity index (χ1v) is 6.24. The number of benzene rings is 1. The highest BCUT2D eigenvalue weighted by Crippen LogP contribution is 2.40. The summed E-state index contributed by atoms with van der Waals surface area (Å²) in [7, 11) is 0. The summed E-state index contributed by atoms with van der Waals surface area (Å²) in [5.74, 6) is -0.848. The molecule has 3 nitrogen and oxygen atoms in total. The first kappa shape index (κ1) is 15.7. The third-order valence-corrected chi connectivity index (χ3v) is 2.95. The smallest absolute Gasteiger partial charge is 0.446 e. The van der Waals surface area contributed by atoms with Crippen LogP contribution in [0.25, 0.3) is 0 Å². The summed E-state index contributed by atoms with van der Waals surface area (Å²) in [5.41, 5.74) is -5.14. The standard InChI is InChI=1S/C11H8F3NO2S2/c1-2-17-10(16)7-3-6(18)4-9(8(7)5-15)19-11(12,13)14/h3-4,18H,2H2,1H3. The molecule has 0 saturated heterocycles. The van der Waals surface area contributed by atoms with Gasteiger partial charge in [0, 0.05) is 9.79 Å². The SMILES string of the molecule is CCOC(=O)c1cc(S)cc(SC(F)(F)F)c1C#N. The zero-order valence-corrected chi connectivity index (χ0v) is 11.3. The molecule has 1 aromatic carbocycles. The van der Waals surface area contributed by atoms with Gasteiger partial charge in [-0.25, -0.2) is 4.79 Å². The quantitative estimate of drug-likeness (QED) is 0.526. The van der Waals surface area contributed by atoms with Gasteiger partial charge >= 0.3 is 11.5 Å². The summed E-state index contributed by atoms with van der Waals surface area (Å²) in [5, 5.41) is 8.94. The van der Waals surface area contributed by atoms with Crippen molar-refractivity contribution in [1.29, 1.82) is 5.26 Å². The normalized spacial score (nSPS) is 10.9. The zero-order chi connectivity index (χ0) is 14.6. The summed E-state index contributed by atoms with van der Waals surface area (Å²) in [6, 6.07) is 3.89. The van der Waals surface area contributed by atoms with Crippen molar-refractivity contribution in [2.45, 2.75) is 22.2 Å². The number of nitriles is 1. The number of thioether (sulfide) groups is 1. The lowest BCUT2D eigenvalue weighted by atomic mass is 10.1. The van der Waals surface area contributed by atoms with Crippen LogP contribution in [0.15, 0.2) is 21.9 Å². The molecule has 0 radical (unpaired) electrons. The van der Waals surface area contributed by atoms with Crippen molar-refractivity contribution in [1.82, 2.24) is 0 Å². The van der Waals surface area contributed by atoms with Crippen molar-refractivity contribution < 1.29 is 22.7 Å². The average Bonchev–Trinajstić information content (AvgIpc) is 2.26.